The van der Waals surface area contributed by atoms with Crippen LogP contribution >= 0.6 is 0 Å². The van der Waals surface area contributed by atoms with Crippen LogP contribution in [-0.4, -0.2) is 63.3 Å². The van der Waals surface area contributed by atoms with Crippen molar-refractivity contribution < 1.29 is 4.79 Å². The second-order valence-corrected chi connectivity index (χ2v) is 9.18. The SMILES string of the molecule is Cc1cnc(C(=O)Nc2ccc(-c3cn4cccc(C)c4n3)cc2)c(CN2CCN(C)CC2)c1. The maximum Gasteiger partial charge on any atom is 0.274 e. The van der Waals surface area contributed by atoms with Crippen LogP contribution in [0.15, 0.2) is 61.1 Å². The summed E-state index contributed by atoms with van der Waals surface area (Å²) in [5.41, 5.74) is 7.26. The van der Waals surface area contributed by atoms with Crippen molar-refractivity contribution in [3.05, 3.63) is 83.4 Å². The van der Waals surface area contributed by atoms with E-state index >= 15 is 0 Å². The standard InChI is InChI=1S/C27H30N6O/c1-19-15-22(17-32-13-11-31(3)12-14-32)25(28-16-19)27(34)29-23-8-6-21(7-9-23)24-18-33-10-4-5-20(2)26(33)30-24/h4-10,15-16,18H,11-14,17H2,1-3H3,(H,29,34). The molecule has 1 saturated heterocycles. The number of amides is 1. The van der Waals surface area contributed by atoms with E-state index in [1.165, 1.54) is 0 Å². The highest BCUT2D eigenvalue weighted by molar-refractivity contribution is 6.04. The summed E-state index contributed by atoms with van der Waals surface area (Å²) < 4.78 is 2.03. The Bertz CT molecular complexity index is 1320. The molecule has 4 aromatic rings. The zero-order chi connectivity index (χ0) is 23.7. The molecule has 0 aliphatic carbocycles. The maximum atomic E-state index is 13.1. The third kappa shape index (κ3) is 4.71. The summed E-state index contributed by atoms with van der Waals surface area (Å²) in [5.74, 6) is -0.180. The minimum absolute atomic E-state index is 0.180. The number of anilines is 1. The van der Waals surface area contributed by atoms with E-state index in [0.717, 1.165) is 72.0 Å². The molecule has 174 valence electrons. The molecular formula is C27H30N6O. The van der Waals surface area contributed by atoms with Gasteiger partial charge in [0.15, 0.2) is 0 Å². The molecule has 34 heavy (non-hydrogen) atoms. The molecule has 5 rings (SSSR count). The van der Waals surface area contributed by atoms with Crippen molar-refractivity contribution in [3.8, 4) is 11.3 Å². The van der Waals surface area contributed by atoms with E-state index in [4.69, 9.17) is 4.98 Å². The Morgan fingerprint density at radius 2 is 1.82 bits per heavy atom. The topological polar surface area (TPSA) is 65.8 Å². The average Bonchev–Trinajstić information content (AvgIpc) is 3.27. The molecule has 1 aromatic carbocycles. The van der Waals surface area contributed by atoms with Gasteiger partial charge < -0.3 is 14.6 Å². The van der Waals surface area contributed by atoms with Crippen molar-refractivity contribution in [2.24, 2.45) is 0 Å². The third-order valence-electron chi connectivity index (χ3n) is 6.42. The Morgan fingerprint density at radius 1 is 1.06 bits per heavy atom. The van der Waals surface area contributed by atoms with E-state index in [9.17, 15) is 4.79 Å². The van der Waals surface area contributed by atoms with Crippen molar-refractivity contribution >= 4 is 17.2 Å². The molecule has 0 spiro atoms. The fourth-order valence-corrected chi connectivity index (χ4v) is 4.41. The van der Waals surface area contributed by atoms with Gasteiger partial charge >= 0.3 is 0 Å². The molecule has 3 aromatic heterocycles. The average molecular weight is 455 g/mol. The van der Waals surface area contributed by atoms with Crippen molar-refractivity contribution in [2.75, 3.05) is 38.5 Å². The lowest BCUT2D eigenvalue weighted by molar-refractivity contribution is 0.101. The molecule has 0 atom stereocenters. The summed E-state index contributed by atoms with van der Waals surface area (Å²) in [6.45, 7) is 8.88. The minimum atomic E-state index is -0.180. The number of piperazine rings is 1. The Balaban J connectivity index is 1.32. The van der Waals surface area contributed by atoms with E-state index in [0.29, 0.717) is 5.69 Å². The Hall–Kier alpha value is -3.55. The number of fused-ring (bicyclic) bond motifs is 1. The molecule has 0 bridgehead atoms. The van der Waals surface area contributed by atoms with Gasteiger partial charge in [-0.25, -0.2) is 4.98 Å². The number of hydrogen-bond acceptors (Lipinski definition) is 5. The molecule has 1 amide bonds. The summed E-state index contributed by atoms with van der Waals surface area (Å²) >= 11 is 0. The first kappa shape index (κ1) is 22.3. The monoisotopic (exact) mass is 454 g/mol. The van der Waals surface area contributed by atoms with Gasteiger partial charge in [-0.1, -0.05) is 24.3 Å². The molecule has 1 aliphatic heterocycles. The predicted octanol–water partition coefficient (Wildman–Crippen LogP) is 4.01. The number of hydrogen-bond donors (Lipinski definition) is 1. The molecule has 1 N–H and O–H groups in total. The van der Waals surface area contributed by atoms with Gasteiger partial charge in [0.05, 0.1) is 5.69 Å². The molecule has 0 unspecified atom stereocenters. The van der Waals surface area contributed by atoms with Gasteiger partial charge in [-0.3, -0.25) is 14.7 Å². The molecule has 1 fully saturated rings. The molecule has 7 nitrogen and oxygen atoms in total. The van der Waals surface area contributed by atoms with Gasteiger partial charge in [0.2, 0.25) is 0 Å². The number of aryl methyl sites for hydroxylation is 2. The van der Waals surface area contributed by atoms with Crippen LogP contribution in [0.3, 0.4) is 0 Å². The zero-order valence-corrected chi connectivity index (χ0v) is 20.0. The molecule has 4 heterocycles. The van der Waals surface area contributed by atoms with Gasteiger partial charge in [0, 0.05) is 62.6 Å². The number of nitrogens with zero attached hydrogens (tertiary/aromatic N) is 5. The van der Waals surface area contributed by atoms with Gasteiger partial charge in [-0.05, 0) is 55.8 Å². The van der Waals surface area contributed by atoms with Crippen LogP contribution in [0.1, 0.15) is 27.2 Å². The summed E-state index contributed by atoms with van der Waals surface area (Å²) in [6, 6.07) is 14.0. The van der Waals surface area contributed by atoms with E-state index in [1.54, 1.807) is 6.20 Å². The summed E-state index contributed by atoms with van der Waals surface area (Å²) in [7, 11) is 2.14. The first-order valence-electron chi connectivity index (χ1n) is 11.7. The van der Waals surface area contributed by atoms with Gasteiger partial charge in [-0.2, -0.15) is 0 Å². The highest BCUT2D eigenvalue weighted by Gasteiger charge is 2.19. The molecule has 1 aliphatic rings. The number of likely N-dealkylation sites (N-methyl/N-ethyl adjacent to an activating group) is 1. The Labute approximate surface area is 200 Å². The molecule has 7 heteroatoms. The van der Waals surface area contributed by atoms with Crippen LogP contribution < -0.4 is 5.32 Å². The summed E-state index contributed by atoms with van der Waals surface area (Å²) in [6.07, 6.45) is 5.79. The lowest BCUT2D eigenvalue weighted by Crippen LogP contribution is -2.44. The molecule has 0 radical (unpaired) electrons. The lowest BCUT2D eigenvalue weighted by Gasteiger charge is -2.32. The number of rotatable bonds is 5. The Morgan fingerprint density at radius 3 is 2.56 bits per heavy atom. The van der Waals surface area contributed by atoms with Crippen molar-refractivity contribution in [2.45, 2.75) is 20.4 Å². The van der Waals surface area contributed by atoms with Crippen LogP contribution in [0.25, 0.3) is 16.9 Å². The third-order valence-corrected chi connectivity index (χ3v) is 6.42. The van der Waals surface area contributed by atoms with E-state index in [2.05, 4.69) is 46.2 Å². The quantitative estimate of drug-likeness (QED) is 0.494. The van der Waals surface area contributed by atoms with Crippen LogP contribution in [-0.2, 0) is 6.54 Å². The largest absolute Gasteiger partial charge is 0.321 e. The normalized spacial score (nSPS) is 15.0. The molecular weight excluding hydrogens is 424 g/mol. The second kappa shape index (κ2) is 9.37. The second-order valence-electron chi connectivity index (χ2n) is 9.18. The highest BCUT2D eigenvalue weighted by Crippen LogP contribution is 2.23. The van der Waals surface area contributed by atoms with Crippen molar-refractivity contribution in [3.63, 3.8) is 0 Å². The zero-order valence-electron chi connectivity index (χ0n) is 20.0. The van der Waals surface area contributed by atoms with Crippen molar-refractivity contribution in [1.29, 1.82) is 0 Å². The van der Waals surface area contributed by atoms with E-state index in [-0.39, 0.29) is 5.91 Å². The van der Waals surface area contributed by atoms with Crippen LogP contribution in [0.5, 0.6) is 0 Å². The smallest absolute Gasteiger partial charge is 0.274 e. The fraction of sp³-hybridized carbons (Fsp3) is 0.296. The van der Waals surface area contributed by atoms with Gasteiger partial charge in [-0.15, -0.1) is 0 Å². The van der Waals surface area contributed by atoms with Crippen molar-refractivity contribution in [1.82, 2.24) is 24.2 Å². The molecule has 0 saturated carbocycles. The number of benzene rings is 1. The lowest BCUT2D eigenvalue weighted by atomic mass is 10.1. The number of carbonyl (C=O) groups excluding carboxylic acids is 1. The van der Waals surface area contributed by atoms with Crippen LogP contribution in [0, 0.1) is 13.8 Å². The predicted molar refractivity (Wildman–Crippen MR) is 135 cm³/mol. The Kier molecular flexibility index (Phi) is 6.13. The number of carbonyl (C=O) groups is 1. The number of pyridine rings is 2. The number of nitrogens with one attached hydrogen (secondary N) is 1. The fourth-order valence-electron chi connectivity index (χ4n) is 4.41. The van der Waals surface area contributed by atoms with E-state index < -0.39 is 0 Å². The number of imidazole rings is 1. The first-order chi connectivity index (χ1) is 16.5. The summed E-state index contributed by atoms with van der Waals surface area (Å²) in [4.78, 5) is 27.1. The van der Waals surface area contributed by atoms with Gasteiger partial charge in [0.1, 0.15) is 11.3 Å². The minimum Gasteiger partial charge on any atom is -0.321 e. The van der Waals surface area contributed by atoms with Crippen LogP contribution in [0.2, 0.25) is 0 Å². The van der Waals surface area contributed by atoms with Gasteiger partial charge in [0.25, 0.3) is 5.91 Å². The summed E-state index contributed by atoms with van der Waals surface area (Å²) in [5, 5.41) is 3.02. The first-order valence-corrected chi connectivity index (χ1v) is 11.7. The highest BCUT2D eigenvalue weighted by atomic mass is 16.1. The van der Waals surface area contributed by atoms with Crippen LogP contribution in [0.4, 0.5) is 5.69 Å². The van der Waals surface area contributed by atoms with E-state index in [1.807, 2.05) is 54.0 Å². The number of aromatic nitrogens is 3. The maximum absolute atomic E-state index is 13.1.